The Balaban J connectivity index is 2.89. The van der Waals surface area contributed by atoms with Crippen LogP contribution in [0.4, 0.5) is 0 Å². The highest BCUT2D eigenvalue weighted by molar-refractivity contribution is 4.49. The monoisotopic (exact) mass is 159 g/mol. The van der Waals surface area contributed by atoms with Crippen molar-refractivity contribution in [2.24, 2.45) is 5.92 Å². The van der Waals surface area contributed by atoms with Gasteiger partial charge in [0.05, 0.1) is 6.61 Å². The van der Waals surface area contributed by atoms with E-state index in [1.54, 1.807) is 0 Å². The first-order valence-corrected chi connectivity index (χ1v) is 4.47. The van der Waals surface area contributed by atoms with Crippen molar-refractivity contribution in [2.45, 2.75) is 33.1 Å². The minimum atomic E-state index is -0.108. The molecule has 0 saturated heterocycles. The number of hydrogen-bond acceptors (Lipinski definition) is 1. The predicted molar refractivity (Wildman–Crippen MR) is 45.1 cm³/mol. The Morgan fingerprint density at radius 2 is 2.09 bits per heavy atom. The quantitative estimate of drug-likeness (QED) is 0.524. The summed E-state index contributed by atoms with van der Waals surface area (Å²) in [6, 6.07) is 0. The maximum absolute atomic E-state index is 9.96. The molecule has 0 aliphatic heterocycles. The van der Waals surface area contributed by atoms with Crippen molar-refractivity contribution in [1.29, 1.82) is 0 Å². The summed E-state index contributed by atoms with van der Waals surface area (Å²) in [4.78, 5) is 0. The van der Waals surface area contributed by atoms with E-state index in [1.165, 1.54) is 12.8 Å². The fourth-order valence-electron chi connectivity index (χ4n) is 0.899. The molecule has 1 radical (unpaired) electrons. The van der Waals surface area contributed by atoms with Crippen molar-refractivity contribution in [3.63, 3.8) is 0 Å². The molecule has 0 amide bonds. The summed E-state index contributed by atoms with van der Waals surface area (Å²) in [6.07, 6.45) is 3.55. The molecule has 0 rings (SSSR count). The summed E-state index contributed by atoms with van der Waals surface area (Å²) in [5.74, 6) is 0.797. The Hall–Kier alpha value is -0.0800. The molecule has 0 fully saturated rings. The van der Waals surface area contributed by atoms with Gasteiger partial charge in [0.25, 0.3) is 0 Å². The SMILES string of the molecule is CCC(C)CCCOCC[O]. The lowest BCUT2D eigenvalue weighted by Crippen LogP contribution is -2.01. The van der Waals surface area contributed by atoms with Gasteiger partial charge >= 0.3 is 0 Å². The topological polar surface area (TPSA) is 29.1 Å². The van der Waals surface area contributed by atoms with Crippen LogP contribution in [0.1, 0.15) is 33.1 Å². The Labute approximate surface area is 69.6 Å². The Bertz CT molecular complexity index is 74.0. The van der Waals surface area contributed by atoms with E-state index < -0.39 is 0 Å². The molecule has 2 heteroatoms. The first kappa shape index (κ1) is 10.9. The predicted octanol–water partition coefficient (Wildman–Crippen LogP) is 2.26. The van der Waals surface area contributed by atoms with E-state index in [9.17, 15) is 5.11 Å². The second-order valence-corrected chi connectivity index (χ2v) is 2.97. The van der Waals surface area contributed by atoms with Crippen molar-refractivity contribution < 1.29 is 9.84 Å². The summed E-state index contributed by atoms with van der Waals surface area (Å²) in [5, 5.41) is 9.96. The van der Waals surface area contributed by atoms with Gasteiger partial charge in [-0.3, -0.25) is 0 Å². The molecule has 0 aromatic carbocycles. The molecule has 1 unspecified atom stereocenters. The van der Waals surface area contributed by atoms with Gasteiger partial charge < -0.3 is 4.74 Å². The van der Waals surface area contributed by atoms with Crippen LogP contribution < -0.4 is 0 Å². The van der Waals surface area contributed by atoms with Gasteiger partial charge in [-0.05, 0) is 18.8 Å². The summed E-state index contributed by atoms with van der Waals surface area (Å²) < 4.78 is 5.07. The van der Waals surface area contributed by atoms with E-state index in [0.29, 0.717) is 6.61 Å². The van der Waals surface area contributed by atoms with Crippen LogP contribution >= 0.6 is 0 Å². The molecule has 0 aliphatic rings. The van der Waals surface area contributed by atoms with Crippen molar-refractivity contribution >= 4 is 0 Å². The van der Waals surface area contributed by atoms with Gasteiger partial charge in [-0.25, -0.2) is 5.11 Å². The van der Waals surface area contributed by atoms with Gasteiger partial charge in [-0.2, -0.15) is 0 Å². The largest absolute Gasteiger partial charge is 0.379 e. The second-order valence-electron chi connectivity index (χ2n) is 2.97. The summed E-state index contributed by atoms with van der Waals surface area (Å²) in [6.45, 7) is 5.47. The molecular weight excluding hydrogens is 140 g/mol. The molecule has 0 bridgehead atoms. The standard InChI is InChI=1S/C9H19O2/c1-3-9(2)5-4-7-11-8-6-10/h9H,3-8H2,1-2H3. The lowest BCUT2D eigenvalue weighted by Gasteiger charge is -2.07. The highest BCUT2D eigenvalue weighted by Crippen LogP contribution is 2.08. The first-order valence-electron chi connectivity index (χ1n) is 4.47. The van der Waals surface area contributed by atoms with Gasteiger partial charge in [-0.15, -0.1) is 0 Å². The van der Waals surface area contributed by atoms with Crippen molar-refractivity contribution in [2.75, 3.05) is 19.8 Å². The van der Waals surface area contributed by atoms with E-state index in [1.807, 2.05) is 0 Å². The van der Waals surface area contributed by atoms with E-state index in [-0.39, 0.29) is 6.61 Å². The zero-order chi connectivity index (χ0) is 8.53. The highest BCUT2D eigenvalue weighted by Gasteiger charge is 1.97. The van der Waals surface area contributed by atoms with Gasteiger partial charge in [0.1, 0.15) is 6.61 Å². The van der Waals surface area contributed by atoms with Crippen molar-refractivity contribution in [3.8, 4) is 0 Å². The molecule has 11 heavy (non-hydrogen) atoms. The van der Waals surface area contributed by atoms with Crippen LogP contribution in [0.3, 0.4) is 0 Å². The Morgan fingerprint density at radius 3 is 2.64 bits per heavy atom. The summed E-state index contributed by atoms with van der Waals surface area (Å²) in [5.41, 5.74) is 0. The number of hydrogen-bond donors (Lipinski definition) is 0. The zero-order valence-corrected chi connectivity index (χ0v) is 7.64. The first-order chi connectivity index (χ1) is 5.31. The lowest BCUT2D eigenvalue weighted by atomic mass is 10.0. The van der Waals surface area contributed by atoms with Crippen molar-refractivity contribution in [3.05, 3.63) is 0 Å². The van der Waals surface area contributed by atoms with Crippen LogP contribution in [0.25, 0.3) is 0 Å². The van der Waals surface area contributed by atoms with E-state index in [0.717, 1.165) is 18.9 Å². The minimum Gasteiger partial charge on any atom is -0.379 e. The lowest BCUT2D eigenvalue weighted by molar-refractivity contribution is 0.0608. The molecule has 0 aliphatic carbocycles. The van der Waals surface area contributed by atoms with Gasteiger partial charge in [0.2, 0.25) is 0 Å². The van der Waals surface area contributed by atoms with Crippen LogP contribution in [-0.2, 0) is 9.84 Å². The Morgan fingerprint density at radius 1 is 1.36 bits per heavy atom. The fraction of sp³-hybridized carbons (Fsp3) is 1.00. The number of ether oxygens (including phenoxy) is 1. The molecule has 0 heterocycles. The van der Waals surface area contributed by atoms with Crippen LogP contribution in [0.5, 0.6) is 0 Å². The van der Waals surface area contributed by atoms with Gasteiger partial charge in [0.15, 0.2) is 0 Å². The smallest absolute Gasteiger partial charge is 0.106 e. The zero-order valence-electron chi connectivity index (χ0n) is 7.64. The average molecular weight is 159 g/mol. The third-order valence-electron chi connectivity index (χ3n) is 1.91. The van der Waals surface area contributed by atoms with Crippen LogP contribution in [0.15, 0.2) is 0 Å². The van der Waals surface area contributed by atoms with E-state index in [2.05, 4.69) is 13.8 Å². The molecule has 2 nitrogen and oxygen atoms in total. The third-order valence-corrected chi connectivity index (χ3v) is 1.91. The molecule has 67 valence electrons. The summed E-state index contributed by atoms with van der Waals surface area (Å²) >= 11 is 0. The van der Waals surface area contributed by atoms with Crippen LogP contribution in [0, 0.1) is 5.92 Å². The molecule has 0 spiro atoms. The normalized spacial score (nSPS) is 13.4. The van der Waals surface area contributed by atoms with Crippen LogP contribution in [-0.4, -0.2) is 19.8 Å². The second kappa shape index (κ2) is 8.02. The molecule has 0 aromatic heterocycles. The molecular formula is C9H19O2. The Kier molecular flexibility index (Phi) is 7.96. The highest BCUT2D eigenvalue weighted by atomic mass is 16.5. The van der Waals surface area contributed by atoms with Gasteiger partial charge in [0, 0.05) is 6.61 Å². The maximum atomic E-state index is 9.96. The van der Waals surface area contributed by atoms with Crippen molar-refractivity contribution in [1.82, 2.24) is 0 Å². The minimum absolute atomic E-state index is 0.108. The summed E-state index contributed by atoms with van der Waals surface area (Å²) in [7, 11) is 0. The number of rotatable bonds is 7. The van der Waals surface area contributed by atoms with Gasteiger partial charge in [-0.1, -0.05) is 20.3 Å². The maximum Gasteiger partial charge on any atom is 0.106 e. The average Bonchev–Trinajstić information content (AvgIpc) is 2.04. The molecule has 0 saturated carbocycles. The van der Waals surface area contributed by atoms with Crippen LogP contribution in [0.2, 0.25) is 0 Å². The van der Waals surface area contributed by atoms with E-state index in [4.69, 9.17) is 4.74 Å². The third kappa shape index (κ3) is 7.82. The molecule has 1 atom stereocenters. The fourth-order valence-corrected chi connectivity index (χ4v) is 0.899. The molecule has 0 N–H and O–H groups in total. The molecule has 0 aromatic rings. The van der Waals surface area contributed by atoms with E-state index >= 15 is 0 Å².